The van der Waals surface area contributed by atoms with Crippen LogP contribution < -0.4 is 10.1 Å². The Balaban J connectivity index is 1.77. The number of carbonyl (C=O) groups is 2. The smallest absolute Gasteiger partial charge is 0.335 e. The Morgan fingerprint density at radius 3 is 2.34 bits per heavy atom. The summed E-state index contributed by atoms with van der Waals surface area (Å²) in [6, 6.07) is 15.1. The number of carbonyl (C=O) groups excluding carboxylic acids is 1. The zero-order valence-electron chi connectivity index (χ0n) is 19.8. The first-order chi connectivity index (χ1) is 16.8. The monoisotopic (exact) mass is 491 g/mol. The van der Waals surface area contributed by atoms with E-state index in [1.807, 2.05) is 24.3 Å². The number of ether oxygens (including phenoxy) is 1. The Morgan fingerprint density at radius 2 is 1.71 bits per heavy atom. The molecule has 0 spiro atoms. The average molecular weight is 492 g/mol. The molecule has 0 aliphatic carbocycles. The molecule has 180 valence electrons. The van der Waals surface area contributed by atoms with Gasteiger partial charge in [-0.25, -0.2) is 9.18 Å². The third kappa shape index (κ3) is 5.26. The predicted molar refractivity (Wildman–Crippen MR) is 137 cm³/mol. The zero-order chi connectivity index (χ0) is 25.1. The molecule has 4 rings (SSSR count). The first kappa shape index (κ1) is 24.6. The molecule has 0 saturated carbocycles. The highest BCUT2D eigenvalue weighted by molar-refractivity contribution is 7.21. The minimum atomic E-state index is -1.05. The van der Waals surface area contributed by atoms with Crippen LogP contribution in [0.5, 0.6) is 11.5 Å². The lowest BCUT2D eigenvalue weighted by Crippen LogP contribution is -2.15. The highest BCUT2D eigenvalue weighted by Gasteiger charge is 2.25. The number of likely N-dealkylation sites (N-methyl/N-ethyl adjacent to an activating group) is 1. The van der Waals surface area contributed by atoms with E-state index in [1.165, 1.54) is 29.5 Å². The van der Waals surface area contributed by atoms with Crippen LogP contribution in [-0.2, 0) is 6.42 Å². The van der Waals surface area contributed by atoms with Gasteiger partial charge >= 0.3 is 5.97 Å². The van der Waals surface area contributed by atoms with E-state index in [4.69, 9.17) is 4.74 Å². The molecule has 35 heavy (non-hydrogen) atoms. The molecule has 0 unspecified atom stereocenters. The van der Waals surface area contributed by atoms with Crippen molar-refractivity contribution in [3.8, 4) is 11.5 Å². The van der Waals surface area contributed by atoms with Gasteiger partial charge in [0.2, 0.25) is 5.78 Å². The number of carboxylic acid groups (broad SMARTS) is 1. The largest absolute Gasteiger partial charge is 0.478 e. The van der Waals surface area contributed by atoms with Crippen molar-refractivity contribution in [2.45, 2.75) is 27.2 Å². The van der Waals surface area contributed by atoms with Gasteiger partial charge in [-0.1, -0.05) is 19.1 Å². The van der Waals surface area contributed by atoms with Gasteiger partial charge in [-0.15, -0.1) is 11.3 Å². The number of halogens is 1. The van der Waals surface area contributed by atoms with Crippen LogP contribution in [0.1, 0.15) is 49.2 Å². The topological polar surface area (TPSA) is 75.6 Å². The summed E-state index contributed by atoms with van der Waals surface area (Å²) < 4.78 is 20.7. The second kappa shape index (κ2) is 10.4. The molecule has 1 aromatic heterocycles. The molecule has 7 heteroatoms. The number of nitrogens with one attached hydrogen (secondary N) is 1. The number of aryl methyl sites for hydroxylation is 2. The molecule has 0 saturated heterocycles. The summed E-state index contributed by atoms with van der Waals surface area (Å²) in [4.78, 5) is 25.5. The summed E-state index contributed by atoms with van der Waals surface area (Å²) in [5.74, 6) is -0.787. The van der Waals surface area contributed by atoms with Gasteiger partial charge in [0.15, 0.2) is 5.75 Å². The molecule has 0 fully saturated rings. The number of hydrogen-bond donors (Lipinski definition) is 2. The van der Waals surface area contributed by atoms with Crippen LogP contribution in [0, 0.1) is 19.7 Å². The highest BCUT2D eigenvalue weighted by atomic mass is 32.1. The van der Waals surface area contributed by atoms with Crippen LogP contribution in [0.3, 0.4) is 0 Å². The van der Waals surface area contributed by atoms with Crippen LogP contribution in [0.4, 0.5) is 4.39 Å². The predicted octanol–water partition coefficient (Wildman–Crippen LogP) is 6.53. The maximum Gasteiger partial charge on any atom is 0.335 e. The molecule has 0 aliphatic rings. The van der Waals surface area contributed by atoms with Crippen molar-refractivity contribution >= 4 is 33.2 Å². The fourth-order valence-electron chi connectivity index (χ4n) is 4.09. The van der Waals surface area contributed by atoms with E-state index in [9.17, 15) is 19.1 Å². The lowest BCUT2D eigenvalue weighted by atomic mass is 9.97. The van der Waals surface area contributed by atoms with Gasteiger partial charge in [0.1, 0.15) is 16.4 Å². The second-order valence-electron chi connectivity index (χ2n) is 8.37. The maximum absolute atomic E-state index is 13.9. The van der Waals surface area contributed by atoms with Crippen molar-refractivity contribution in [3.05, 3.63) is 93.1 Å². The number of rotatable bonds is 9. The number of aromatic carboxylic acids is 1. The van der Waals surface area contributed by atoms with Crippen molar-refractivity contribution < 1.29 is 23.8 Å². The average Bonchev–Trinajstić information content (AvgIpc) is 3.17. The van der Waals surface area contributed by atoms with E-state index in [0.717, 1.165) is 25.1 Å². The molecule has 0 atom stereocenters. The Morgan fingerprint density at radius 1 is 1.03 bits per heavy atom. The number of ketones is 1. The van der Waals surface area contributed by atoms with Gasteiger partial charge in [-0.3, -0.25) is 4.79 Å². The second-order valence-corrected chi connectivity index (χ2v) is 9.42. The normalized spacial score (nSPS) is 11.1. The third-order valence-electron chi connectivity index (χ3n) is 5.81. The van der Waals surface area contributed by atoms with Crippen LogP contribution in [0.2, 0.25) is 0 Å². The minimum absolute atomic E-state index is 0.128. The lowest BCUT2D eigenvalue weighted by molar-refractivity contribution is 0.0697. The van der Waals surface area contributed by atoms with Gasteiger partial charge in [-0.05, 0) is 92.5 Å². The molecule has 3 aromatic carbocycles. The van der Waals surface area contributed by atoms with Crippen molar-refractivity contribution in [2.75, 3.05) is 13.1 Å². The summed E-state index contributed by atoms with van der Waals surface area (Å²) in [5.41, 5.74) is 2.77. The fraction of sp³-hybridized carbons (Fsp3) is 0.214. The zero-order valence-corrected chi connectivity index (χ0v) is 20.6. The van der Waals surface area contributed by atoms with Gasteiger partial charge in [-0.2, -0.15) is 0 Å². The van der Waals surface area contributed by atoms with E-state index < -0.39 is 11.8 Å². The molecule has 0 aliphatic heterocycles. The number of benzene rings is 3. The van der Waals surface area contributed by atoms with Crippen LogP contribution in [-0.4, -0.2) is 29.9 Å². The molecular weight excluding hydrogens is 465 g/mol. The van der Waals surface area contributed by atoms with Gasteiger partial charge in [0.05, 0.1) is 5.56 Å². The molecular formula is C28H26FNO4S. The Bertz CT molecular complexity index is 1390. The van der Waals surface area contributed by atoms with E-state index in [1.54, 1.807) is 26.0 Å². The van der Waals surface area contributed by atoms with Crippen molar-refractivity contribution in [3.63, 3.8) is 0 Å². The number of carboxylic acids is 1. The van der Waals surface area contributed by atoms with E-state index in [2.05, 4.69) is 12.2 Å². The summed E-state index contributed by atoms with van der Waals surface area (Å²) >= 11 is 1.18. The molecule has 0 bridgehead atoms. The van der Waals surface area contributed by atoms with Crippen LogP contribution in [0.25, 0.3) is 10.1 Å². The molecule has 1 heterocycles. The maximum atomic E-state index is 13.9. The Kier molecular flexibility index (Phi) is 7.28. The molecule has 4 aromatic rings. The Hall–Kier alpha value is -3.55. The summed E-state index contributed by atoms with van der Waals surface area (Å²) in [5, 5.41) is 13.4. The van der Waals surface area contributed by atoms with Crippen molar-refractivity contribution in [2.24, 2.45) is 0 Å². The van der Waals surface area contributed by atoms with E-state index in [0.29, 0.717) is 43.2 Å². The number of thiophene rings is 1. The number of fused-ring (bicyclic) bond motifs is 1. The molecule has 0 amide bonds. The SMILES string of the molecule is CCNCCc1ccc(Oc2c(C(=O)c3c(C)cc(F)cc3C)sc3cc(C(=O)O)ccc23)cc1. The first-order valence-corrected chi connectivity index (χ1v) is 12.2. The third-order valence-corrected chi connectivity index (χ3v) is 6.94. The van der Waals surface area contributed by atoms with Gasteiger partial charge < -0.3 is 15.2 Å². The summed E-state index contributed by atoms with van der Waals surface area (Å²) in [6.07, 6.45) is 0.889. The van der Waals surface area contributed by atoms with Gasteiger partial charge in [0.25, 0.3) is 0 Å². The van der Waals surface area contributed by atoms with Crippen molar-refractivity contribution in [1.82, 2.24) is 5.32 Å². The summed E-state index contributed by atoms with van der Waals surface area (Å²) in [6.45, 7) is 7.26. The number of hydrogen-bond acceptors (Lipinski definition) is 5. The van der Waals surface area contributed by atoms with Gasteiger partial charge in [0, 0.05) is 15.6 Å². The molecule has 5 nitrogen and oxygen atoms in total. The fourth-order valence-corrected chi connectivity index (χ4v) is 5.21. The van der Waals surface area contributed by atoms with Crippen molar-refractivity contribution in [1.29, 1.82) is 0 Å². The minimum Gasteiger partial charge on any atom is -0.478 e. The van der Waals surface area contributed by atoms with E-state index >= 15 is 0 Å². The quantitative estimate of drug-likeness (QED) is 0.206. The van der Waals surface area contributed by atoms with Crippen LogP contribution >= 0.6 is 11.3 Å². The first-order valence-electron chi connectivity index (χ1n) is 11.4. The highest BCUT2D eigenvalue weighted by Crippen LogP contribution is 2.42. The molecule has 2 N–H and O–H groups in total. The van der Waals surface area contributed by atoms with E-state index in [-0.39, 0.29) is 11.3 Å². The lowest BCUT2D eigenvalue weighted by Gasteiger charge is -2.11. The Labute approximate surface area is 207 Å². The van der Waals surface area contributed by atoms with Crippen LogP contribution in [0.15, 0.2) is 54.6 Å². The summed E-state index contributed by atoms with van der Waals surface area (Å²) in [7, 11) is 0. The molecule has 0 radical (unpaired) electrons. The standard InChI is InChI=1S/C28H26FNO4S/c1-4-30-12-11-18-5-8-21(9-6-18)34-26-22-10-7-19(28(32)33)15-23(22)35-27(26)25(31)24-16(2)13-20(29)14-17(24)3/h5-10,13-15,30H,4,11-12H2,1-3H3,(H,32,33).